The number of likely N-dealkylation sites (N-methyl/N-ethyl adjacent to an activating group) is 1. The van der Waals surface area contributed by atoms with Crippen LogP contribution in [0.15, 0.2) is 53.7 Å². The molecule has 2 aliphatic rings. The van der Waals surface area contributed by atoms with Gasteiger partial charge in [-0.05, 0) is 58.1 Å². The van der Waals surface area contributed by atoms with Crippen molar-refractivity contribution in [2.75, 3.05) is 33.7 Å². The van der Waals surface area contributed by atoms with E-state index in [1.807, 2.05) is 66.6 Å². The monoisotopic (exact) mass is 459 g/mol. The van der Waals surface area contributed by atoms with E-state index in [2.05, 4.69) is 10.3 Å². The number of para-hydroxylation sites is 1. The Morgan fingerprint density at radius 2 is 2.06 bits per heavy atom. The van der Waals surface area contributed by atoms with Crippen LogP contribution in [0.3, 0.4) is 0 Å². The summed E-state index contributed by atoms with van der Waals surface area (Å²) in [6.45, 7) is 5.80. The number of aromatic nitrogens is 1. The molecule has 2 aromatic rings. The normalized spacial score (nSPS) is 17.8. The molecule has 0 bridgehead atoms. The van der Waals surface area contributed by atoms with Crippen molar-refractivity contribution in [3.8, 4) is 0 Å². The molecule has 2 amide bonds. The minimum Gasteiger partial charge on any atom is -0.332 e. The number of benzene rings is 1. The molecule has 1 aromatic carbocycles. The van der Waals surface area contributed by atoms with Gasteiger partial charge in [-0.15, -0.1) is 0 Å². The maximum absolute atomic E-state index is 13.0. The minimum atomic E-state index is -0.240. The van der Waals surface area contributed by atoms with Crippen LogP contribution in [0.25, 0.3) is 0 Å². The number of hydrogen-bond acceptors (Lipinski definition) is 5. The van der Waals surface area contributed by atoms with Crippen LogP contribution in [0.2, 0.25) is 0 Å². The largest absolute Gasteiger partial charge is 0.404 e. The fourth-order valence-corrected chi connectivity index (χ4v) is 4.24. The van der Waals surface area contributed by atoms with E-state index in [0.29, 0.717) is 31.2 Å². The number of pyridine rings is 1. The van der Waals surface area contributed by atoms with Gasteiger partial charge in [0.1, 0.15) is 0 Å². The molecule has 0 unspecified atom stereocenters. The lowest BCUT2D eigenvalue weighted by Crippen LogP contribution is -2.45. The third kappa shape index (κ3) is 5.12. The van der Waals surface area contributed by atoms with Gasteiger partial charge in [0.2, 0.25) is 5.91 Å². The SMILES string of the molecule is Cc1cc(C(=O)NC2=Nc3cccc(C)c3/[N+]2=C2\CCCN(C(=O)/C=C/CN(C)C)C2)ccn1. The zero-order valence-corrected chi connectivity index (χ0v) is 20.2. The average molecular weight is 460 g/mol. The van der Waals surface area contributed by atoms with Crippen LogP contribution >= 0.6 is 0 Å². The number of carbonyl (C=O) groups is 2. The summed E-state index contributed by atoms with van der Waals surface area (Å²) in [4.78, 5) is 38.6. The average Bonchev–Trinajstić information content (AvgIpc) is 3.18. The second-order valence-corrected chi connectivity index (χ2v) is 8.95. The third-order valence-corrected chi connectivity index (χ3v) is 5.89. The van der Waals surface area contributed by atoms with Crippen molar-refractivity contribution in [3.63, 3.8) is 0 Å². The Hall–Kier alpha value is -3.65. The van der Waals surface area contributed by atoms with Gasteiger partial charge < -0.3 is 9.80 Å². The summed E-state index contributed by atoms with van der Waals surface area (Å²) in [6.07, 6.45) is 6.83. The maximum Gasteiger partial charge on any atom is 0.404 e. The van der Waals surface area contributed by atoms with Crippen molar-refractivity contribution >= 4 is 34.9 Å². The van der Waals surface area contributed by atoms with Crippen LogP contribution in [-0.4, -0.2) is 76.6 Å². The first-order valence-corrected chi connectivity index (χ1v) is 11.5. The number of nitrogens with zero attached hydrogens (tertiary/aromatic N) is 5. The molecule has 8 nitrogen and oxygen atoms in total. The summed E-state index contributed by atoms with van der Waals surface area (Å²) in [7, 11) is 3.94. The number of guanidine groups is 1. The standard InChI is InChI=1S/C26H30N6O2/c1-18-8-5-10-22-24(18)32(26(28-22)29-25(34)20-12-13-27-19(2)16-20)21-9-6-15-31(17-21)23(33)11-7-14-30(3)4/h5,7-8,10-13,16H,6,9,14-15,17H2,1-4H3/p+1/b11-7+,32-21-. The van der Waals surface area contributed by atoms with Gasteiger partial charge in [0.05, 0.1) is 17.8 Å². The molecule has 4 rings (SSSR count). The Kier molecular flexibility index (Phi) is 6.98. The van der Waals surface area contributed by atoms with Crippen molar-refractivity contribution in [1.29, 1.82) is 0 Å². The van der Waals surface area contributed by atoms with Crippen LogP contribution in [0.1, 0.15) is 34.5 Å². The summed E-state index contributed by atoms with van der Waals surface area (Å²) in [5, 5.41) is 3.00. The Balaban J connectivity index is 1.65. The zero-order chi connectivity index (χ0) is 24.2. The van der Waals surface area contributed by atoms with Gasteiger partial charge in [0, 0.05) is 37.5 Å². The van der Waals surface area contributed by atoms with Crippen LogP contribution in [0, 0.1) is 13.8 Å². The lowest BCUT2D eigenvalue weighted by molar-refractivity contribution is -0.310. The van der Waals surface area contributed by atoms with E-state index in [-0.39, 0.29) is 11.8 Å². The molecule has 2 aliphatic heterocycles. The first-order chi connectivity index (χ1) is 16.3. The fourth-order valence-electron chi connectivity index (χ4n) is 4.24. The minimum absolute atomic E-state index is 0.00182. The molecule has 1 N–H and O–H groups in total. The van der Waals surface area contributed by atoms with E-state index < -0.39 is 0 Å². The Morgan fingerprint density at radius 3 is 2.82 bits per heavy atom. The van der Waals surface area contributed by atoms with Gasteiger partial charge in [-0.3, -0.25) is 14.6 Å². The summed E-state index contributed by atoms with van der Waals surface area (Å²) in [6, 6.07) is 9.39. The highest BCUT2D eigenvalue weighted by Gasteiger charge is 2.36. The van der Waals surface area contributed by atoms with Crippen molar-refractivity contribution < 1.29 is 14.2 Å². The Bertz CT molecular complexity index is 1210. The molecule has 1 saturated heterocycles. The fraction of sp³-hybridized carbons (Fsp3) is 0.346. The highest BCUT2D eigenvalue weighted by Crippen LogP contribution is 2.37. The first kappa shape index (κ1) is 23.5. The van der Waals surface area contributed by atoms with Crippen LogP contribution in [0.4, 0.5) is 11.4 Å². The number of fused-ring (bicyclic) bond motifs is 1. The lowest BCUT2D eigenvalue weighted by Gasteiger charge is -2.28. The smallest absolute Gasteiger partial charge is 0.332 e. The van der Waals surface area contributed by atoms with Crippen molar-refractivity contribution in [2.45, 2.75) is 26.7 Å². The quantitative estimate of drug-likeness (QED) is 0.563. The van der Waals surface area contributed by atoms with Crippen LogP contribution in [-0.2, 0) is 4.79 Å². The Morgan fingerprint density at radius 1 is 1.24 bits per heavy atom. The molecule has 3 heterocycles. The van der Waals surface area contributed by atoms with Gasteiger partial charge in [-0.1, -0.05) is 23.2 Å². The topological polar surface area (TPSA) is 80.9 Å². The number of piperidine rings is 1. The highest BCUT2D eigenvalue weighted by molar-refractivity contribution is 6.08. The van der Waals surface area contributed by atoms with Crippen LogP contribution < -0.4 is 5.32 Å². The molecule has 0 aliphatic carbocycles. The predicted octanol–water partition coefficient (Wildman–Crippen LogP) is 2.95. The molecule has 1 aromatic heterocycles. The van der Waals surface area contributed by atoms with Crippen molar-refractivity contribution in [2.24, 2.45) is 4.99 Å². The second kappa shape index (κ2) is 10.1. The molecule has 176 valence electrons. The summed E-state index contributed by atoms with van der Waals surface area (Å²) >= 11 is 0. The second-order valence-electron chi connectivity index (χ2n) is 8.95. The lowest BCUT2D eigenvalue weighted by atomic mass is 10.1. The molecular formula is C26H31N6O2+. The number of likely N-dealkylation sites (tertiary alicyclic amines) is 1. The summed E-state index contributed by atoms with van der Waals surface area (Å²) in [5.74, 6) is 0.227. The highest BCUT2D eigenvalue weighted by atomic mass is 16.2. The maximum atomic E-state index is 13.0. The molecule has 1 fully saturated rings. The molecule has 0 radical (unpaired) electrons. The third-order valence-electron chi connectivity index (χ3n) is 5.89. The number of rotatable bonds is 4. The van der Waals surface area contributed by atoms with Gasteiger partial charge in [0.25, 0.3) is 0 Å². The molecular weight excluding hydrogens is 428 g/mol. The van der Waals surface area contributed by atoms with E-state index in [1.165, 1.54) is 0 Å². The number of aryl methyl sites for hydroxylation is 2. The van der Waals surface area contributed by atoms with Crippen molar-refractivity contribution in [1.82, 2.24) is 20.1 Å². The Labute approximate surface area is 200 Å². The summed E-state index contributed by atoms with van der Waals surface area (Å²) in [5.41, 5.74) is 5.17. The molecule has 0 spiro atoms. The predicted molar refractivity (Wildman–Crippen MR) is 133 cm³/mol. The molecule has 0 saturated carbocycles. The van der Waals surface area contributed by atoms with E-state index >= 15 is 0 Å². The number of hydrogen-bond donors (Lipinski definition) is 1. The van der Waals surface area contributed by atoms with Crippen LogP contribution in [0.5, 0.6) is 0 Å². The molecule has 8 heteroatoms. The first-order valence-electron chi connectivity index (χ1n) is 11.5. The van der Waals surface area contributed by atoms with Gasteiger partial charge >= 0.3 is 11.9 Å². The van der Waals surface area contributed by atoms with E-state index in [1.54, 1.807) is 24.4 Å². The van der Waals surface area contributed by atoms with Gasteiger partial charge in [-0.2, -0.15) is 4.58 Å². The van der Waals surface area contributed by atoms with E-state index in [0.717, 1.165) is 41.2 Å². The molecule has 34 heavy (non-hydrogen) atoms. The van der Waals surface area contributed by atoms with E-state index in [9.17, 15) is 9.59 Å². The molecule has 0 atom stereocenters. The number of carbonyl (C=O) groups excluding carboxylic acids is 2. The number of nitrogens with one attached hydrogen (secondary N) is 1. The zero-order valence-electron chi connectivity index (χ0n) is 20.2. The summed E-state index contributed by atoms with van der Waals surface area (Å²) < 4.78 is 2.03. The number of amides is 2. The van der Waals surface area contributed by atoms with E-state index in [4.69, 9.17) is 4.99 Å². The van der Waals surface area contributed by atoms with Crippen molar-refractivity contribution in [3.05, 3.63) is 65.5 Å². The number of aliphatic imine (C=N–C) groups is 1. The van der Waals surface area contributed by atoms with Gasteiger partial charge in [0.15, 0.2) is 11.4 Å². The van der Waals surface area contributed by atoms with Gasteiger partial charge in [-0.25, -0.2) is 5.32 Å².